The second-order valence-electron chi connectivity index (χ2n) is 2.92. The van der Waals surface area contributed by atoms with E-state index in [0.717, 1.165) is 19.5 Å². The number of hydrogen-bond donors (Lipinski definition) is 1. The van der Waals surface area contributed by atoms with Gasteiger partial charge in [-0.05, 0) is 13.0 Å². The van der Waals surface area contributed by atoms with Crippen LogP contribution in [-0.2, 0) is 10.0 Å². The molecule has 0 unspecified atom stereocenters. The van der Waals surface area contributed by atoms with Gasteiger partial charge >= 0.3 is 0 Å². The van der Waals surface area contributed by atoms with E-state index >= 15 is 0 Å². The average molecular weight is 192 g/mol. The van der Waals surface area contributed by atoms with Gasteiger partial charge in [-0.1, -0.05) is 6.92 Å². The zero-order chi connectivity index (χ0) is 9.03. The summed E-state index contributed by atoms with van der Waals surface area (Å²) in [5.74, 6) is 0.332. The van der Waals surface area contributed by atoms with Crippen LogP contribution in [0.5, 0.6) is 0 Å². The Morgan fingerprint density at radius 2 is 2.25 bits per heavy atom. The highest BCUT2D eigenvalue weighted by Crippen LogP contribution is 2.11. The molecule has 1 heterocycles. The Morgan fingerprint density at radius 1 is 1.50 bits per heavy atom. The highest BCUT2D eigenvalue weighted by atomic mass is 32.2. The van der Waals surface area contributed by atoms with Gasteiger partial charge in [0.25, 0.3) is 0 Å². The fourth-order valence-electron chi connectivity index (χ4n) is 1.32. The van der Waals surface area contributed by atoms with Gasteiger partial charge in [0.2, 0.25) is 10.0 Å². The fourth-order valence-corrected chi connectivity index (χ4v) is 2.85. The second kappa shape index (κ2) is 4.20. The summed E-state index contributed by atoms with van der Waals surface area (Å²) in [4.78, 5) is 0. The molecule has 0 atom stereocenters. The molecule has 1 rings (SSSR count). The van der Waals surface area contributed by atoms with Crippen LogP contribution in [-0.4, -0.2) is 44.7 Å². The summed E-state index contributed by atoms with van der Waals surface area (Å²) in [6, 6.07) is 0. The normalized spacial score (nSPS) is 23.1. The molecule has 1 N–H and O–H groups in total. The Kier molecular flexibility index (Phi) is 3.49. The molecule has 4 nitrogen and oxygen atoms in total. The zero-order valence-corrected chi connectivity index (χ0v) is 8.23. The summed E-state index contributed by atoms with van der Waals surface area (Å²) in [5.41, 5.74) is 0. The van der Waals surface area contributed by atoms with E-state index < -0.39 is 10.0 Å². The van der Waals surface area contributed by atoms with Gasteiger partial charge in [-0.2, -0.15) is 0 Å². The lowest BCUT2D eigenvalue weighted by Gasteiger charge is -2.13. The summed E-state index contributed by atoms with van der Waals surface area (Å²) in [7, 11) is -2.87. The average Bonchev–Trinajstić information content (AvgIpc) is 2.32. The maximum Gasteiger partial charge on any atom is 0.214 e. The molecule has 0 amide bonds. The standard InChI is InChI=1S/C7H16N2O2S/c1-2-8-4-6-9-5-3-7-12(9,10)11/h8H,2-7H2,1H3. The molecule has 0 radical (unpaired) electrons. The van der Waals surface area contributed by atoms with Crippen molar-refractivity contribution in [1.82, 2.24) is 9.62 Å². The largest absolute Gasteiger partial charge is 0.316 e. The van der Waals surface area contributed by atoms with Crippen molar-refractivity contribution in [2.24, 2.45) is 0 Å². The third-order valence-corrected chi connectivity index (χ3v) is 3.95. The van der Waals surface area contributed by atoms with Crippen molar-refractivity contribution >= 4 is 10.0 Å². The molecule has 0 aromatic carbocycles. The van der Waals surface area contributed by atoms with Crippen LogP contribution in [0, 0.1) is 0 Å². The third kappa shape index (κ3) is 2.43. The minimum absolute atomic E-state index is 0.332. The van der Waals surface area contributed by atoms with Crippen LogP contribution in [0.4, 0.5) is 0 Å². The van der Waals surface area contributed by atoms with E-state index in [1.54, 1.807) is 4.31 Å². The fraction of sp³-hybridized carbons (Fsp3) is 1.00. The van der Waals surface area contributed by atoms with E-state index in [2.05, 4.69) is 5.32 Å². The molecule has 0 bridgehead atoms. The van der Waals surface area contributed by atoms with Crippen LogP contribution in [0.3, 0.4) is 0 Å². The molecular weight excluding hydrogens is 176 g/mol. The van der Waals surface area contributed by atoms with Crippen LogP contribution in [0.25, 0.3) is 0 Å². The summed E-state index contributed by atoms with van der Waals surface area (Å²) in [6.45, 7) is 4.99. The molecule has 0 aromatic rings. The van der Waals surface area contributed by atoms with Crippen molar-refractivity contribution in [3.8, 4) is 0 Å². The molecular formula is C7H16N2O2S. The van der Waals surface area contributed by atoms with Gasteiger partial charge in [-0.15, -0.1) is 0 Å². The van der Waals surface area contributed by atoms with Crippen LogP contribution < -0.4 is 5.32 Å². The first kappa shape index (κ1) is 9.95. The Bertz CT molecular complexity index is 226. The highest BCUT2D eigenvalue weighted by molar-refractivity contribution is 7.89. The van der Waals surface area contributed by atoms with Crippen molar-refractivity contribution in [3.63, 3.8) is 0 Å². The Hall–Kier alpha value is -0.130. The van der Waals surface area contributed by atoms with Crippen molar-refractivity contribution in [1.29, 1.82) is 0 Å². The maximum atomic E-state index is 11.3. The van der Waals surface area contributed by atoms with Gasteiger partial charge in [0, 0.05) is 19.6 Å². The quantitative estimate of drug-likeness (QED) is 0.618. The number of likely N-dealkylation sites (N-methyl/N-ethyl adjacent to an activating group) is 1. The van der Waals surface area contributed by atoms with E-state index in [-0.39, 0.29) is 0 Å². The molecule has 0 saturated carbocycles. The monoisotopic (exact) mass is 192 g/mol. The molecule has 0 aromatic heterocycles. The summed E-state index contributed by atoms with van der Waals surface area (Å²) in [5, 5.41) is 3.11. The number of rotatable bonds is 4. The third-order valence-electron chi connectivity index (χ3n) is 1.99. The first-order valence-corrected chi connectivity index (χ1v) is 5.96. The Labute approximate surface area is 74.0 Å². The first-order valence-electron chi connectivity index (χ1n) is 4.35. The minimum Gasteiger partial charge on any atom is -0.316 e. The lowest BCUT2D eigenvalue weighted by Crippen LogP contribution is -2.33. The van der Waals surface area contributed by atoms with Gasteiger partial charge < -0.3 is 5.32 Å². The smallest absolute Gasteiger partial charge is 0.214 e. The first-order chi connectivity index (χ1) is 5.67. The van der Waals surface area contributed by atoms with E-state index in [1.807, 2.05) is 6.92 Å². The van der Waals surface area contributed by atoms with Crippen molar-refractivity contribution in [2.45, 2.75) is 13.3 Å². The van der Waals surface area contributed by atoms with Crippen LogP contribution >= 0.6 is 0 Å². The van der Waals surface area contributed by atoms with Crippen molar-refractivity contribution in [2.75, 3.05) is 31.9 Å². The van der Waals surface area contributed by atoms with Gasteiger partial charge in [0.1, 0.15) is 0 Å². The van der Waals surface area contributed by atoms with Gasteiger partial charge in [0.15, 0.2) is 0 Å². The molecule has 0 aliphatic carbocycles. The van der Waals surface area contributed by atoms with E-state index in [1.165, 1.54) is 0 Å². The van der Waals surface area contributed by atoms with Crippen LogP contribution in [0.2, 0.25) is 0 Å². The van der Waals surface area contributed by atoms with Crippen LogP contribution in [0.1, 0.15) is 13.3 Å². The number of sulfonamides is 1. The molecule has 1 aliphatic heterocycles. The molecule has 12 heavy (non-hydrogen) atoms. The van der Waals surface area contributed by atoms with E-state index in [4.69, 9.17) is 0 Å². The minimum atomic E-state index is -2.87. The lowest BCUT2D eigenvalue weighted by atomic mass is 10.5. The van der Waals surface area contributed by atoms with Gasteiger partial charge in [0.05, 0.1) is 5.75 Å². The molecule has 1 saturated heterocycles. The number of hydrogen-bond acceptors (Lipinski definition) is 3. The Balaban J connectivity index is 2.32. The van der Waals surface area contributed by atoms with Crippen molar-refractivity contribution < 1.29 is 8.42 Å². The molecule has 1 fully saturated rings. The molecule has 0 spiro atoms. The van der Waals surface area contributed by atoms with Crippen molar-refractivity contribution in [3.05, 3.63) is 0 Å². The Morgan fingerprint density at radius 3 is 2.75 bits per heavy atom. The topological polar surface area (TPSA) is 49.4 Å². The SMILES string of the molecule is CCNCCN1CCCS1(=O)=O. The maximum absolute atomic E-state index is 11.3. The summed E-state index contributed by atoms with van der Waals surface area (Å²) >= 11 is 0. The zero-order valence-electron chi connectivity index (χ0n) is 7.41. The predicted molar refractivity (Wildman–Crippen MR) is 48.5 cm³/mol. The van der Waals surface area contributed by atoms with Gasteiger partial charge in [-0.25, -0.2) is 12.7 Å². The second-order valence-corrected chi connectivity index (χ2v) is 5.01. The predicted octanol–water partition coefficient (Wildman–Crippen LogP) is -0.369. The molecule has 72 valence electrons. The summed E-state index contributed by atoms with van der Waals surface area (Å²) in [6.07, 6.45) is 0.786. The van der Waals surface area contributed by atoms with E-state index in [0.29, 0.717) is 18.8 Å². The van der Waals surface area contributed by atoms with Gasteiger partial charge in [-0.3, -0.25) is 0 Å². The molecule has 5 heteroatoms. The summed E-state index contributed by atoms with van der Waals surface area (Å²) < 4.78 is 24.1. The number of nitrogens with zero attached hydrogens (tertiary/aromatic N) is 1. The lowest BCUT2D eigenvalue weighted by molar-refractivity contribution is 0.436. The number of nitrogens with one attached hydrogen (secondary N) is 1. The van der Waals surface area contributed by atoms with Crippen LogP contribution in [0.15, 0.2) is 0 Å². The highest BCUT2D eigenvalue weighted by Gasteiger charge is 2.26. The molecule has 1 aliphatic rings. The van der Waals surface area contributed by atoms with E-state index in [9.17, 15) is 8.42 Å².